The van der Waals surface area contributed by atoms with Crippen LogP contribution < -0.4 is 10.9 Å². The molecule has 0 aliphatic heterocycles. The number of aryl methyl sites for hydroxylation is 4. The molecule has 1 aliphatic rings. The summed E-state index contributed by atoms with van der Waals surface area (Å²) < 4.78 is 0. The molecule has 0 saturated carbocycles. The lowest BCUT2D eigenvalue weighted by Gasteiger charge is -2.14. The molecule has 0 fully saturated rings. The fourth-order valence-electron chi connectivity index (χ4n) is 3.81. The number of nitrogens with one attached hydrogen (secondary N) is 2. The van der Waals surface area contributed by atoms with Crippen LogP contribution in [0.25, 0.3) is 10.2 Å². The van der Waals surface area contributed by atoms with E-state index in [4.69, 9.17) is 0 Å². The molecule has 1 amide bonds. The molecule has 0 radical (unpaired) electrons. The van der Waals surface area contributed by atoms with Crippen molar-refractivity contribution in [1.82, 2.24) is 9.97 Å². The number of amides is 1. The molecule has 6 nitrogen and oxygen atoms in total. The van der Waals surface area contributed by atoms with Crippen LogP contribution in [0, 0.1) is 20.8 Å². The highest BCUT2D eigenvalue weighted by Gasteiger charge is 2.21. The number of aromatic nitrogens is 2. The Morgan fingerprint density at radius 1 is 1.29 bits per heavy atom. The first kappa shape index (κ1) is 18.7. The summed E-state index contributed by atoms with van der Waals surface area (Å²) in [7, 11) is 0. The normalized spacial score (nSPS) is 13.1. The summed E-state index contributed by atoms with van der Waals surface area (Å²) >= 11 is 1.60. The highest BCUT2D eigenvalue weighted by molar-refractivity contribution is 7.18. The molecule has 7 heteroatoms. The summed E-state index contributed by atoms with van der Waals surface area (Å²) in [6.45, 7) is 5.50. The number of carbonyl (C=O) groups is 1. The molecular formula is C21H23N3O3S. The number of carbonyl (C=O) groups excluding carboxylic acids is 1. The molecule has 2 heterocycles. The minimum atomic E-state index is -0.149. The maximum atomic E-state index is 12.5. The first-order chi connectivity index (χ1) is 13.3. The van der Waals surface area contributed by atoms with Gasteiger partial charge >= 0.3 is 0 Å². The maximum absolute atomic E-state index is 12.5. The standard InChI is InChI=1S/C21H23N3O3S/c1-10-9-14(11(2)12(3)19(10)26)22-17(25)8-7-16-23-20(27)18-13-5-4-6-15(13)28-21(18)24-16/h9,26H,4-8H2,1-3H3,(H,22,25)(H,23,24,27). The lowest BCUT2D eigenvalue weighted by molar-refractivity contribution is -0.116. The maximum Gasteiger partial charge on any atom is 0.259 e. The van der Waals surface area contributed by atoms with Crippen molar-refractivity contribution in [2.75, 3.05) is 5.32 Å². The number of thiophene rings is 1. The lowest BCUT2D eigenvalue weighted by Crippen LogP contribution is -2.17. The van der Waals surface area contributed by atoms with Crippen molar-refractivity contribution in [2.45, 2.75) is 52.9 Å². The molecule has 3 N–H and O–H groups in total. The van der Waals surface area contributed by atoms with E-state index in [0.29, 0.717) is 17.9 Å². The second-order valence-electron chi connectivity index (χ2n) is 7.44. The lowest BCUT2D eigenvalue weighted by atomic mass is 10.0. The van der Waals surface area contributed by atoms with E-state index in [0.717, 1.165) is 51.7 Å². The fraction of sp³-hybridized carbons (Fsp3) is 0.381. The van der Waals surface area contributed by atoms with Gasteiger partial charge in [-0.3, -0.25) is 9.59 Å². The molecule has 28 heavy (non-hydrogen) atoms. The second-order valence-corrected chi connectivity index (χ2v) is 8.52. The van der Waals surface area contributed by atoms with Gasteiger partial charge in [-0.25, -0.2) is 4.98 Å². The number of aromatic amines is 1. The molecule has 146 valence electrons. The van der Waals surface area contributed by atoms with Crippen LogP contribution in [0.15, 0.2) is 10.9 Å². The van der Waals surface area contributed by atoms with E-state index in [1.807, 2.05) is 13.8 Å². The van der Waals surface area contributed by atoms with Gasteiger partial charge in [0.2, 0.25) is 5.91 Å². The summed E-state index contributed by atoms with van der Waals surface area (Å²) in [6, 6.07) is 1.77. The van der Waals surface area contributed by atoms with E-state index in [2.05, 4.69) is 15.3 Å². The number of phenols is 1. The third-order valence-corrected chi connectivity index (χ3v) is 6.73. The minimum absolute atomic E-state index is 0.0968. The largest absolute Gasteiger partial charge is 0.507 e. The predicted molar refractivity (Wildman–Crippen MR) is 112 cm³/mol. The van der Waals surface area contributed by atoms with Crippen molar-refractivity contribution in [3.63, 3.8) is 0 Å². The number of H-pyrrole nitrogens is 1. The third kappa shape index (κ3) is 3.20. The van der Waals surface area contributed by atoms with Gasteiger partial charge in [-0.2, -0.15) is 0 Å². The van der Waals surface area contributed by atoms with Crippen LogP contribution in [-0.2, 0) is 24.1 Å². The summed E-state index contributed by atoms with van der Waals surface area (Å²) in [5, 5.41) is 13.6. The van der Waals surface area contributed by atoms with Crippen molar-refractivity contribution in [2.24, 2.45) is 0 Å². The molecular weight excluding hydrogens is 374 g/mol. The van der Waals surface area contributed by atoms with Crippen LogP contribution in [0.1, 0.15) is 45.8 Å². The number of phenolic OH excluding ortho intramolecular Hbond substituents is 1. The zero-order chi connectivity index (χ0) is 20.0. The van der Waals surface area contributed by atoms with Gasteiger partial charge in [-0.15, -0.1) is 11.3 Å². The molecule has 0 saturated heterocycles. The van der Waals surface area contributed by atoms with Gasteiger partial charge < -0.3 is 15.4 Å². The van der Waals surface area contributed by atoms with Crippen molar-refractivity contribution in [3.8, 4) is 5.75 Å². The molecule has 0 atom stereocenters. The Bertz CT molecular complexity index is 1160. The average molecular weight is 398 g/mol. The number of aromatic hydroxyl groups is 1. The van der Waals surface area contributed by atoms with Crippen molar-refractivity contribution in [3.05, 3.63) is 49.4 Å². The summed E-state index contributed by atoms with van der Waals surface area (Å²) in [6.07, 6.45) is 3.67. The van der Waals surface area contributed by atoms with Gasteiger partial charge in [0.1, 0.15) is 16.4 Å². The van der Waals surface area contributed by atoms with E-state index in [1.165, 1.54) is 4.88 Å². The van der Waals surface area contributed by atoms with Crippen molar-refractivity contribution < 1.29 is 9.90 Å². The first-order valence-corrected chi connectivity index (χ1v) is 10.3. The van der Waals surface area contributed by atoms with Crippen LogP contribution in [0.5, 0.6) is 5.75 Å². The Hall–Kier alpha value is -2.67. The molecule has 0 spiro atoms. The quantitative estimate of drug-likeness (QED) is 0.585. The topological polar surface area (TPSA) is 95.1 Å². The number of rotatable bonds is 4. The van der Waals surface area contributed by atoms with Gasteiger partial charge in [0.15, 0.2) is 0 Å². The van der Waals surface area contributed by atoms with Gasteiger partial charge in [0.25, 0.3) is 5.56 Å². The minimum Gasteiger partial charge on any atom is -0.507 e. The zero-order valence-electron chi connectivity index (χ0n) is 16.2. The van der Waals surface area contributed by atoms with Crippen LogP contribution in [0.2, 0.25) is 0 Å². The number of fused-ring (bicyclic) bond motifs is 3. The Labute approximate surface area is 166 Å². The number of hydrogen-bond donors (Lipinski definition) is 3. The van der Waals surface area contributed by atoms with Crippen LogP contribution in [-0.4, -0.2) is 21.0 Å². The number of anilines is 1. The Balaban J connectivity index is 1.49. The Kier molecular flexibility index (Phi) is 4.71. The summed E-state index contributed by atoms with van der Waals surface area (Å²) in [4.78, 5) is 34.4. The van der Waals surface area contributed by atoms with E-state index in [9.17, 15) is 14.7 Å². The van der Waals surface area contributed by atoms with E-state index in [-0.39, 0.29) is 23.6 Å². The Morgan fingerprint density at radius 3 is 2.86 bits per heavy atom. The highest BCUT2D eigenvalue weighted by Crippen LogP contribution is 2.34. The fourth-order valence-corrected chi connectivity index (χ4v) is 5.09. The SMILES string of the molecule is Cc1cc(NC(=O)CCc2nc3sc4c(c3c(=O)[nH]2)CCC4)c(C)c(C)c1O. The monoisotopic (exact) mass is 397 g/mol. The number of hydrogen-bond acceptors (Lipinski definition) is 5. The van der Waals surface area contributed by atoms with Crippen LogP contribution in [0.3, 0.4) is 0 Å². The molecule has 2 aromatic heterocycles. The van der Waals surface area contributed by atoms with E-state index < -0.39 is 0 Å². The van der Waals surface area contributed by atoms with Crippen LogP contribution in [0.4, 0.5) is 5.69 Å². The van der Waals surface area contributed by atoms with E-state index >= 15 is 0 Å². The average Bonchev–Trinajstić information content (AvgIpc) is 3.23. The van der Waals surface area contributed by atoms with Gasteiger partial charge in [-0.1, -0.05) is 0 Å². The van der Waals surface area contributed by atoms with E-state index in [1.54, 1.807) is 24.3 Å². The zero-order valence-corrected chi connectivity index (χ0v) is 17.0. The summed E-state index contributed by atoms with van der Waals surface area (Å²) in [5.41, 5.74) is 4.09. The predicted octanol–water partition coefficient (Wildman–Crippen LogP) is 3.68. The number of benzene rings is 1. The Morgan fingerprint density at radius 2 is 2.07 bits per heavy atom. The molecule has 4 rings (SSSR count). The van der Waals surface area contributed by atoms with Gasteiger partial charge in [0.05, 0.1) is 5.39 Å². The number of nitrogens with zero attached hydrogens (tertiary/aromatic N) is 1. The first-order valence-electron chi connectivity index (χ1n) is 9.48. The second kappa shape index (κ2) is 7.05. The molecule has 1 aromatic carbocycles. The molecule has 3 aromatic rings. The smallest absolute Gasteiger partial charge is 0.259 e. The molecule has 1 aliphatic carbocycles. The highest BCUT2D eigenvalue weighted by atomic mass is 32.1. The molecule has 0 bridgehead atoms. The van der Waals surface area contributed by atoms with Crippen molar-refractivity contribution >= 4 is 33.1 Å². The van der Waals surface area contributed by atoms with Crippen LogP contribution >= 0.6 is 11.3 Å². The third-order valence-electron chi connectivity index (χ3n) is 5.54. The van der Waals surface area contributed by atoms with Gasteiger partial charge in [0, 0.05) is 23.4 Å². The summed E-state index contributed by atoms with van der Waals surface area (Å²) in [5.74, 6) is 0.653. The molecule has 0 unspecified atom stereocenters. The van der Waals surface area contributed by atoms with Crippen molar-refractivity contribution in [1.29, 1.82) is 0 Å². The van der Waals surface area contributed by atoms with Gasteiger partial charge in [-0.05, 0) is 68.4 Å².